The Kier molecular flexibility index (Phi) is 9.64. The van der Waals surface area contributed by atoms with Gasteiger partial charge in [-0.1, -0.05) is 13.0 Å². The topological polar surface area (TPSA) is 52.1 Å². The number of hydrogen-bond donors (Lipinski definition) is 2. The number of methoxy groups -OCH3 is 1. The third-order valence-corrected chi connectivity index (χ3v) is 5.90. The van der Waals surface area contributed by atoms with E-state index >= 15 is 0 Å². The summed E-state index contributed by atoms with van der Waals surface area (Å²) in [5, 5.41) is 7.06. The van der Waals surface area contributed by atoms with Gasteiger partial charge in [0.05, 0.1) is 7.11 Å². The molecule has 2 fully saturated rings. The van der Waals surface area contributed by atoms with Crippen LogP contribution in [0, 0.1) is 5.92 Å². The molecule has 0 aromatic heterocycles. The first-order chi connectivity index (χ1) is 13.2. The predicted molar refractivity (Wildman–Crippen MR) is 128 cm³/mol. The zero-order chi connectivity index (χ0) is 19.1. The summed E-state index contributed by atoms with van der Waals surface area (Å²) >= 11 is 0. The maximum atomic E-state index is 5.35. The van der Waals surface area contributed by atoms with E-state index in [-0.39, 0.29) is 24.0 Å². The van der Waals surface area contributed by atoms with E-state index in [1.807, 2.05) is 13.1 Å². The van der Waals surface area contributed by atoms with Gasteiger partial charge in [0.2, 0.25) is 0 Å². The molecule has 1 aromatic rings. The fourth-order valence-electron chi connectivity index (χ4n) is 4.26. The molecule has 2 unspecified atom stereocenters. The van der Waals surface area contributed by atoms with E-state index in [2.05, 4.69) is 50.5 Å². The molecule has 0 radical (unpaired) electrons. The Bertz CT molecular complexity index is 627. The number of nitrogens with zero attached hydrogens (tertiary/aromatic N) is 3. The van der Waals surface area contributed by atoms with Crippen LogP contribution in [-0.2, 0) is 0 Å². The standard InChI is InChI=1S/C21H35N5O.HI/c1-4-25-11-6-8-19(25)15-24-21(22-2)23-14-17-10-12-26(16-17)18-7-5-9-20(13-18)27-3;/h5,7,9,13,17,19H,4,6,8,10-12,14-16H2,1-3H3,(H2,22,23,24);1H. The summed E-state index contributed by atoms with van der Waals surface area (Å²) in [6.07, 6.45) is 3.80. The molecule has 1 aromatic carbocycles. The molecule has 0 saturated carbocycles. The second-order valence-electron chi connectivity index (χ2n) is 7.56. The molecule has 2 atom stereocenters. The van der Waals surface area contributed by atoms with E-state index in [0.717, 1.165) is 44.4 Å². The molecule has 0 bridgehead atoms. The van der Waals surface area contributed by atoms with Gasteiger partial charge in [-0.05, 0) is 50.4 Å². The Morgan fingerprint density at radius 3 is 2.79 bits per heavy atom. The third kappa shape index (κ3) is 6.14. The van der Waals surface area contributed by atoms with Crippen LogP contribution in [0.3, 0.4) is 0 Å². The van der Waals surface area contributed by atoms with Gasteiger partial charge >= 0.3 is 0 Å². The summed E-state index contributed by atoms with van der Waals surface area (Å²) < 4.78 is 5.35. The highest BCUT2D eigenvalue weighted by Gasteiger charge is 2.24. The minimum atomic E-state index is 0. The van der Waals surface area contributed by atoms with Gasteiger partial charge in [0.1, 0.15) is 5.75 Å². The minimum absolute atomic E-state index is 0. The van der Waals surface area contributed by atoms with E-state index < -0.39 is 0 Å². The number of nitrogens with one attached hydrogen (secondary N) is 2. The SMILES string of the molecule is CCN1CCCC1CNC(=NC)NCC1CCN(c2cccc(OC)c2)C1.I. The Balaban J connectivity index is 0.00000280. The molecule has 3 rings (SSSR count). The van der Waals surface area contributed by atoms with E-state index in [1.165, 1.54) is 31.5 Å². The molecule has 0 aliphatic carbocycles. The van der Waals surface area contributed by atoms with Gasteiger partial charge in [0.15, 0.2) is 5.96 Å². The largest absolute Gasteiger partial charge is 0.497 e. The Morgan fingerprint density at radius 1 is 1.21 bits per heavy atom. The number of likely N-dealkylation sites (tertiary alicyclic amines) is 1. The highest BCUT2D eigenvalue weighted by atomic mass is 127. The number of benzene rings is 1. The molecule has 28 heavy (non-hydrogen) atoms. The van der Waals surface area contributed by atoms with Crippen molar-refractivity contribution in [1.29, 1.82) is 0 Å². The normalized spacial score (nSPS) is 22.8. The van der Waals surface area contributed by atoms with Crippen molar-refractivity contribution in [2.24, 2.45) is 10.9 Å². The number of ether oxygens (including phenoxy) is 1. The molecule has 7 heteroatoms. The minimum Gasteiger partial charge on any atom is -0.497 e. The Labute approximate surface area is 187 Å². The Hall–Kier alpha value is -1.22. The lowest BCUT2D eigenvalue weighted by atomic mass is 10.1. The highest BCUT2D eigenvalue weighted by molar-refractivity contribution is 14.0. The van der Waals surface area contributed by atoms with Crippen molar-refractivity contribution in [1.82, 2.24) is 15.5 Å². The first kappa shape index (κ1) is 23.1. The smallest absolute Gasteiger partial charge is 0.191 e. The summed E-state index contributed by atoms with van der Waals surface area (Å²) in [6, 6.07) is 8.99. The summed E-state index contributed by atoms with van der Waals surface area (Å²) in [5.41, 5.74) is 1.25. The number of anilines is 1. The van der Waals surface area contributed by atoms with Crippen LogP contribution in [-0.4, -0.2) is 70.3 Å². The fourth-order valence-corrected chi connectivity index (χ4v) is 4.26. The summed E-state index contributed by atoms with van der Waals surface area (Å²) in [6.45, 7) is 8.73. The van der Waals surface area contributed by atoms with Gasteiger partial charge < -0.3 is 20.3 Å². The van der Waals surface area contributed by atoms with Crippen molar-refractivity contribution in [3.05, 3.63) is 24.3 Å². The van der Waals surface area contributed by atoms with Crippen LogP contribution < -0.4 is 20.3 Å². The van der Waals surface area contributed by atoms with Crippen molar-refractivity contribution in [2.75, 3.05) is 58.3 Å². The fraction of sp³-hybridized carbons (Fsp3) is 0.667. The first-order valence-corrected chi connectivity index (χ1v) is 10.3. The summed E-state index contributed by atoms with van der Waals surface area (Å²) in [5.74, 6) is 2.48. The second-order valence-corrected chi connectivity index (χ2v) is 7.56. The number of hydrogen-bond acceptors (Lipinski definition) is 4. The van der Waals surface area contributed by atoms with Crippen LogP contribution in [0.4, 0.5) is 5.69 Å². The van der Waals surface area contributed by atoms with Crippen LogP contribution >= 0.6 is 24.0 Å². The molecule has 2 saturated heterocycles. The molecule has 6 nitrogen and oxygen atoms in total. The predicted octanol–water partition coefficient (Wildman–Crippen LogP) is 2.79. The zero-order valence-electron chi connectivity index (χ0n) is 17.5. The Morgan fingerprint density at radius 2 is 2.04 bits per heavy atom. The number of guanidine groups is 1. The van der Waals surface area contributed by atoms with E-state index in [1.54, 1.807) is 7.11 Å². The number of rotatable bonds is 7. The molecule has 158 valence electrons. The van der Waals surface area contributed by atoms with Crippen molar-refractivity contribution < 1.29 is 4.74 Å². The molecule has 2 heterocycles. The number of halogens is 1. The lowest BCUT2D eigenvalue weighted by Gasteiger charge is -2.24. The van der Waals surface area contributed by atoms with Crippen molar-refractivity contribution in [3.8, 4) is 5.75 Å². The van der Waals surface area contributed by atoms with Crippen molar-refractivity contribution >= 4 is 35.6 Å². The number of likely N-dealkylation sites (N-methyl/N-ethyl adjacent to an activating group) is 1. The van der Waals surface area contributed by atoms with Gasteiger partial charge in [0, 0.05) is 51.0 Å². The highest BCUT2D eigenvalue weighted by Crippen LogP contribution is 2.26. The number of aliphatic imine (C=N–C) groups is 1. The van der Waals surface area contributed by atoms with E-state index in [0.29, 0.717) is 12.0 Å². The quantitative estimate of drug-likeness (QED) is 0.342. The third-order valence-electron chi connectivity index (χ3n) is 5.90. The maximum Gasteiger partial charge on any atom is 0.191 e. The average molecular weight is 501 g/mol. The lowest BCUT2D eigenvalue weighted by Crippen LogP contribution is -2.46. The van der Waals surface area contributed by atoms with Gasteiger partial charge in [-0.15, -0.1) is 24.0 Å². The molecular weight excluding hydrogens is 465 g/mol. The maximum absolute atomic E-state index is 5.35. The van der Waals surface area contributed by atoms with Gasteiger partial charge in [-0.2, -0.15) is 0 Å². The first-order valence-electron chi connectivity index (χ1n) is 10.3. The lowest BCUT2D eigenvalue weighted by molar-refractivity contribution is 0.267. The summed E-state index contributed by atoms with van der Waals surface area (Å²) in [7, 11) is 3.58. The summed E-state index contributed by atoms with van der Waals surface area (Å²) in [4.78, 5) is 9.41. The monoisotopic (exact) mass is 501 g/mol. The van der Waals surface area contributed by atoms with E-state index in [4.69, 9.17) is 4.74 Å². The molecule has 2 aliphatic heterocycles. The van der Waals surface area contributed by atoms with Gasteiger partial charge in [-0.25, -0.2) is 0 Å². The second kappa shape index (κ2) is 11.7. The molecule has 0 amide bonds. The zero-order valence-corrected chi connectivity index (χ0v) is 19.8. The molecule has 2 N–H and O–H groups in total. The van der Waals surface area contributed by atoms with Gasteiger partial charge in [0.25, 0.3) is 0 Å². The molecule has 2 aliphatic rings. The van der Waals surface area contributed by atoms with Crippen LogP contribution in [0.5, 0.6) is 5.75 Å². The average Bonchev–Trinajstić information content (AvgIpc) is 3.37. The van der Waals surface area contributed by atoms with Crippen molar-refractivity contribution in [2.45, 2.75) is 32.2 Å². The van der Waals surface area contributed by atoms with Crippen molar-refractivity contribution in [3.63, 3.8) is 0 Å². The molecule has 0 spiro atoms. The van der Waals surface area contributed by atoms with Crippen LogP contribution in [0.15, 0.2) is 29.3 Å². The van der Waals surface area contributed by atoms with Gasteiger partial charge in [-0.3, -0.25) is 9.89 Å². The van der Waals surface area contributed by atoms with E-state index in [9.17, 15) is 0 Å². The van der Waals surface area contributed by atoms with Crippen LogP contribution in [0.1, 0.15) is 26.2 Å². The van der Waals surface area contributed by atoms with Crippen LogP contribution in [0.2, 0.25) is 0 Å². The molecular formula is C21H36IN5O. The van der Waals surface area contributed by atoms with Crippen LogP contribution in [0.25, 0.3) is 0 Å².